The Labute approximate surface area is 157 Å². The van der Waals surface area contributed by atoms with Crippen LogP contribution in [-0.4, -0.2) is 41.3 Å². The van der Waals surface area contributed by atoms with E-state index in [4.69, 9.17) is 0 Å². The Morgan fingerprint density at radius 3 is 2.77 bits per heavy atom. The zero-order valence-electron chi connectivity index (χ0n) is 16.1. The van der Waals surface area contributed by atoms with Crippen LogP contribution < -0.4 is 0 Å². The molecule has 0 aromatic carbocycles. The molecule has 0 aromatic heterocycles. The van der Waals surface area contributed by atoms with Gasteiger partial charge in [0.25, 0.3) is 0 Å². The van der Waals surface area contributed by atoms with Crippen molar-refractivity contribution in [2.75, 3.05) is 7.11 Å². The lowest BCUT2D eigenvalue weighted by Crippen LogP contribution is -2.19. The highest BCUT2D eigenvalue weighted by atomic mass is 16.5. The molecule has 1 rings (SSSR count). The molecule has 1 fully saturated rings. The Morgan fingerprint density at radius 2 is 2.08 bits per heavy atom. The van der Waals surface area contributed by atoms with Crippen molar-refractivity contribution in [3.63, 3.8) is 0 Å². The molecule has 148 valence electrons. The monoisotopic (exact) mass is 366 g/mol. The van der Waals surface area contributed by atoms with Gasteiger partial charge < -0.3 is 14.9 Å². The molecule has 0 radical (unpaired) electrons. The van der Waals surface area contributed by atoms with Crippen molar-refractivity contribution in [2.24, 2.45) is 11.8 Å². The molecule has 26 heavy (non-hydrogen) atoms. The number of methoxy groups -OCH3 is 1. The summed E-state index contributed by atoms with van der Waals surface area (Å²) in [5.74, 6) is -0.638. The first-order valence-corrected chi connectivity index (χ1v) is 9.78. The lowest BCUT2D eigenvalue weighted by molar-refractivity contribution is -0.140. The number of esters is 1. The quantitative estimate of drug-likeness (QED) is 0.314. The van der Waals surface area contributed by atoms with Crippen LogP contribution in [0.3, 0.4) is 0 Å². The molecule has 4 atom stereocenters. The first kappa shape index (κ1) is 22.6. The number of aliphatic hydroxyl groups excluding tert-OH is 2. The topological polar surface area (TPSA) is 83.8 Å². The van der Waals surface area contributed by atoms with E-state index in [1.54, 1.807) is 12.2 Å². The summed E-state index contributed by atoms with van der Waals surface area (Å²) in [5, 5.41) is 20.2. The summed E-state index contributed by atoms with van der Waals surface area (Å²) < 4.78 is 4.59. The minimum atomic E-state index is -0.630. The number of ketones is 1. The van der Waals surface area contributed by atoms with Gasteiger partial charge in [-0.15, -0.1) is 0 Å². The Balaban J connectivity index is 2.46. The van der Waals surface area contributed by atoms with Crippen molar-refractivity contribution in [2.45, 2.75) is 76.9 Å². The molecule has 0 aromatic rings. The van der Waals surface area contributed by atoms with Crippen LogP contribution in [-0.2, 0) is 14.3 Å². The number of ether oxygens (including phenoxy) is 1. The number of allylic oxidation sites excluding steroid dienone is 3. The maximum Gasteiger partial charge on any atom is 0.305 e. The molecule has 2 N–H and O–H groups in total. The van der Waals surface area contributed by atoms with Crippen LogP contribution in [0.15, 0.2) is 24.3 Å². The van der Waals surface area contributed by atoms with Crippen LogP contribution in [0.25, 0.3) is 0 Å². The molecule has 0 heterocycles. The smallest absolute Gasteiger partial charge is 0.305 e. The van der Waals surface area contributed by atoms with Gasteiger partial charge in [-0.25, -0.2) is 0 Å². The van der Waals surface area contributed by atoms with E-state index < -0.39 is 12.2 Å². The second-order valence-electron chi connectivity index (χ2n) is 7.05. The Hall–Kier alpha value is -1.46. The summed E-state index contributed by atoms with van der Waals surface area (Å²) in [6.07, 6.45) is 12.9. The summed E-state index contributed by atoms with van der Waals surface area (Å²) in [5.41, 5.74) is 0. The number of unbranched alkanes of at least 4 members (excludes halogenated alkanes) is 3. The van der Waals surface area contributed by atoms with Crippen LogP contribution in [0.4, 0.5) is 0 Å². The van der Waals surface area contributed by atoms with Crippen molar-refractivity contribution < 1.29 is 24.5 Å². The van der Waals surface area contributed by atoms with Gasteiger partial charge in [-0.05, 0) is 25.7 Å². The van der Waals surface area contributed by atoms with Gasteiger partial charge in [0.05, 0.1) is 19.3 Å². The fraction of sp³-hybridized carbons (Fsp3) is 0.714. The molecule has 3 unspecified atom stereocenters. The van der Waals surface area contributed by atoms with E-state index in [1.807, 2.05) is 12.2 Å². The minimum absolute atomic E-state index is 0.0404. The molecule has 5 heteroatoms. The lowest BCUT2D eigenvalue weighted by atomic mass is 9.90. The van der Waals surface area contributed by atoms with Gasteiger partial charge in [0.2, 0.25) is 0 Å². The molecule has 1 saturated carbocycles. The fourth-order valence-corrected chi connectivity index (χ4v) is 3.31. The Morgan fingerprint density at radius 1 is 1.31 bits per heavy atom. The van der Waals surface area contributed by atoms with Crippen molar-refractivity contribution in [1.82, 2.24) is 0 Å². The number of rotatable bonds is 12. The predicted molar refractivity (Wildman–Crippen MR) is 102 cm³/mol. The van der Waals surface area contributed by atoms with Crippen LogP contribution in [0.5, 0.6) is 0 Å². The first-order chi connectivity index (χ1) is 12.5. The van der Waals surface area contributed by atoms with E-state index in [-0.39, 0.29) is 30.0 Å². The number of carbonyl (C=O) groups is 2. The Kier molecular flexibility index (Phi) is 11.1. The Bertz CT molecular complexity index is 483. The maximum absolute atomic E-state index is 12.1. The highest BCUT2D eigenvalue weighted by Crippen LogP contribution is 2.33. The first-order valence-electron chi connectivity index (χ1n) is 9.78. The summed E-state index contributed by atoms with van der Waals surface area (Å²) in [6, 6.07) is 0. The highest BCUT2D eigenvalue weighted by Gasteiger charge is 2.39. The third kappa shape index (κ3) is 8.28. The molecule has 5 nitrogen and oxygen atoms in total. The molecule has 0 aliphatic heterocycles. The largest absolute Gasteiger partial charge is 0.469 e. The third-order valence-corrected chi connectivity index (χ3v) is 4.94. The second kappa shape index (κ2) is 12.8. The predicted octanol–water partition coefficient (Wildman–Crippen LogP) is 3.34. The molecular formula is C21H34O5. The van der Waals surface area contributed by atoms with Gasteiger partial charge in [0.1, 0.15) is 5.78 Å². The zero-order chi connectivity index (χ0) is 19.4. The second-order valence-corrected chi connectivity index (χ2v) is 7.05. The number of hydrogen-bond acceptors (Lipinski definition) is 5. The summed E-state index contributed by atoms with van der Waals surface area (Å²) in [6.45, 7) is 2.12. The molecule has 0 bridgehead atoms. The van der Waals surface area contributed by atoms with E-state index in [9.17, 15) is 19.8 Å². The van der Waals surface area contributed by atoms with Crippen molar-refractivity contribution >= 4 is 11.8 Å². The van der Waals surface area contributed by atoms with Gasteiger partial charge in [0, 0.05) is 24.7 Å². The van der Waals surface area contributed by atoms with Gasteiger partial charge >= 0.3 is 5.97 Å². The average molecular weight is 366 g/mol. The average Bonchev–Trinajstić information content (AvgIpc) is 2.89. The van der Waals surface area contributed by atoms with E-state index in [2.05, 4.69) is 11.7 Å². The van der Waals surface area contributed by atoms with Crippen molar-refractivity contribution in [3.05, 3.63) is 24.3 Å². The van der Waals surface area contributed by atoms with Crippen LogP contribution in [0.2, 0.25) is 0 Å². The number of Topliss-reactive ketones (excluding diaryl/α,β-unsaturated/α-hetero) is 1. The standard InChI is InChI=1S/C21H34O5/c1-3-4-7-10-16(22)13-14-18-17(19(23)15-20(18)24)11-8-5-6-9-12-21(25)26-2/h5,8,13-14,16-19,22-23H,3-4,6-7,9-12,15H2,1-2H3/b8-5-,14-13+/t16?,17?,18-,19?/m1/s1. The summed E-state index contributed by atoms with van der Waals surface area (Å²) >= 11 is 0. The molecule has 1 aliphatic rings. The normalized spacial score (nSPS) is 24.6. The zero-order valence-corrected chi connectivity index (χ0v) is 16.1. The summed E-state index contributed by atoms with van der Waals surface area (Å²) in [4.78, 5) is 23.2. The molecule has 0 saturated heterocycles. The number of hydrogen-bond donors (Lipinski definition) is 2. The fourth-order valence-electron chi connectivity index (χ4n) is 3.31. The van der Waals surface area contributed by atoms with E-state index in [0.717, 1.165) is 32.1 Å². The molecule has 0 amide bonds. The molecule has 0 spiro atoms. The van der Waals surface area contributed by atoms with Gasteiger partial charge in [-0.1, -0.05) is 50.5 Å². The lowest BCUT2D eigenvalue weighted by Gasteiger charge is -2.17. The third-order valence-electron chi connectivity index (χ3n) is 4.94. The van der Waals surface area contributed by atoms with Crippen molar-refractivity contribution in [1.29, 1.82) is 0 Å². The van der Waals surface area contributed by atoms with Crippen LogP contribution in [0, 0.1) is 11.8 Å². The minimum Gasteiger partial charge on any atom is -0.469 e. The van der Waals surface area contributed by atoms with E-state index >= 15 is 0 Å². The number of carbonyl (C=O) groups excluding carboxylic acids is 2. The maximum atomic E-state index is 12.1. The SMILES string of the molecule is CCCCCC(O)/C=C/[C@H]1C(=O)CC(O)C1C/C=C\CCCC(=O)OC. The van der Waals surface area contributed by atoms with E-state index in [1.165, 1.54) is 7.11 Å². The molecule has 1 aliphatic carbocycles. The molecular weight excluding hydrogens is 332 g/mol. The van der Waals surface area contributed by atoms with Crippen LogP contribution >= 0.6 is 0 Å². The number of aliphatic hydroxyl groups is 2. The van der Waals surface area contributed by atoms with Gasteiger partial charge in [-0.3, -0.25) is 9.59 Å². The van der Waals surface area contributed by atoms with Gasteiger partial charge in [-0.2, -0.15) is 0 Å². The van der Waals surface area contributed by atoms with Crippen molar-refractivity contribution in [3.8, 4) is 0 Å². The summed E-state index contributed by atoms with van der Waals surface area (Å²) in [7, 11) is 1.38. The highest BCUT2D eigenvalue weighted by molar-refractivity contribution is 5.86. The van der Waals surface area contributed by atoms with E-state index in [0.29, 0.717) is 19.3 Å². The van der Waals surface area contributed by atoms with Gasteiger partial charge in [0.15, 0.2) is 0 Å². The van der Waals surface area contributed by atoms with Crippen LogP contribution in [0.1, 0.15) is 64.7 Å².